The molecule has 0 aromatic carbocycles. The van der Waals surface area contributed by atoms with E-state index in [0.717, 1.165) is 12.8 Å². The van der Waals surface area contributed by atoms with Crippen molar-refractivity contribution < 1.29 is 36.7 Å². The summed E-state index contributed by atoms with van der Waals surface area (Å²) in [6.45, 7) is 16.7. The third kappa shape index (κ3) is 9.84. The summed E-state index contributed by atoms with van der Waals surface area (Å²) in [7, 11) is -8.05. The third-order valence-corrected chi connectivity index (χ3v) is 11.0. The van der Waals surface area contributed by atoms with Gasteiger partial charge in [0.1, 0.15) is 0 Å². The maximum Gasteiger partial charge on any atom is 0.349 e. The fourth-order valence-electron chi connectivity index (χ4n) is 3.64. The number of rotatable bonds is 15. The van der Waals surface area contributed by atoms with Gasteiger partial charge in [0, 0.05) is 6.61 Å². The van der Waals surface area contributed by atoms with Crippen molar-refractivity contribution in [3.05, 3.63) is 0 Å². The van der Waals surface area contributed by atoms with Gasteiger partial charge in [-0.05, 0) is 81.1 Å². The largest absolute Gasteiger partial charge is 0.353 e. The van der Waals surface area contributed by atoms with E-state index >= 15 is 0 Å². The molecule has 0 aliphatic carbocycles. The normalized spacial score (nSPS) is 19.6. The van der Waals surface area contributed by atoms with Gasteiger partial charge in [0.15, 0.2) is 11.7 Å². The summed E-state index contributed by atoms with van der Waals surface area (Å²) in [5.74, 6) is 0. The summed E-state index contributed by atoms with van der Waals surface area (Å²) in [5, 5.41) is -1.24. The summed E-state index contributed by atoms with van der Waals surface area (Å²) in [4.78, 5) is 0. The Bertz CT molecular complexity index is 551. The van der Waals surface area contributed by atoms with Crippen LogP contribution in [0.5, 0.6) is 0 Å². The molecule has 0 spiro atoms. The minimum atomic E-state index is -4.02. The third-order valence-electron chi connectivity index (χ3n) is 4.45. The molecule has 0 saturated carbocycles. The Hall–Kier alpha value is 0.220. The Labute approximate surface area is 195 Å². The summed E-state index contributed by atoms with van der Waals surface area (Å²) < 4.78 is 64.6. The van der Waals surface area contributed by atoms with Gasteiger partial charge in [-0.3, -0.25) is 9.13 Å². The van der Waals surface area contributed by atoms with E-state index < -0.39 is 57.4 Å². The van der Waals surface area contributed by atoms with Gasteiger partial charge < -0.3 is 27.6 Å². The molecule has 1 heterocycles. The summed E-state index contributed by atoms with van der Waals surface area (Å²) in [5.41, 5.74) is 0. The van der Waals surface area contributed by atoms with Gasteiger partial charge in [-0.15, -0.1) is 0 Å². The molecule has 1 fully saturated rings. The Morgan fingerprint density at radius 1 is 0.781 bits per heavy atom. The second-order valence-corrected chi connectivity index (χ2v) is 13.9. The van der Waals surface area contributed by atoms with Crippen LogP contribution in [0.15, 0.2) is 0 Å². The van der Waals surface area contributed by atoms with Crippen LogP contribution in [-0.4, -0.2) is 48.8 Å². The molecule has 1 aliphatic heterocycles. The minimum Gasteiger partial charge on any atom is -0.353 e. The highest BCUT2D eigenvalue weighted by Crippen LogP contribution is 2.73. The highest BCUT2D eigenvalue weighted by atomic mass is 31.2. The zero-order chi connectivity index (χ0) is 24.5. The Morgan fingerprint density at radius 3 is 1.53 bits per heavy atom. The lowest BCUT2D eigenvalue weighted by molar-refractivity contribution is -0.188. The van der Waals surface area contributed by atoms with E-state index in [1.165, 1.54) is 0 Å². The first kappa shape index (κ1) is 30.3. The fraction of sp³-hybridized carbons (Fsp3) is 1.00. The number of hydrogen-bond donors (Lipinski definition) is 0. The van der Waals surface area contributed by atoms with Crippen molar-refractivity contribution in [2.75, 3.05) is 6.61 Å². The van der Waals surface area contributed by atoms with Crippen molar-refractivity contribution in [3.8, 4) is 0 Å². The maximum absolute atomic E-state index is 14.4. The van der Waals surface area contributed by atoms with Crippen LogP contribution in [0.4, 0.5) is 0 Å². The molecule has 1 aliphatic rings. The van der Waals surface area contributed by atoms with Gasteiger partial charge >= 0.3 is 15.2 Å². The van der Waals surface area contributed by atoms with Crippen LogP contribution in [0.1, 0.15) is 94.4 Å². The van der Waals surface area contributed by atoms with E-state index in [1.807, 2.05) is 6.92 Å². The highest BCUT2D eigenvalue weighted by Gasteiger charge is 2.57. The molecule has 0 bridgehead atoms. The van der Waals surface area contributed by atoms with Gasteiger partial charge in [0.2, 0.25) is 0 Å². The van der Waals surface area contributed by atoms with Crippen molar-refractivity contribution in [3.63, 3.8) is 0 Å². The minimum absolute atomic E-state index is 0.429. The van der Waals surface area contributed by atoms with Crippen LogP contribution in [0.2, 0.25) is 0 Å². The van der Waals surface area contributed by atoms with E-state index in [1.54, 1.807) is 55.4 Å². The van der Waals surface area contributed by atoms with Gasteiger partial charge in [-0.25, -0.2) is 0 Å². The fourth-order valence-corrected chi connectivity index (χ4v) is 9.88. The van der Waals surface area contributed by atoms with E-state index in [-0.39, 0.29) is 0 Å². The average Bonchev–Trinajstić information content (AvgIpc) is 2.59. The number of hydrogen-bond acceptors (Lipinski definition) is 8. The molecule has 0 aromatic heterocycles. The Balaban J connectivity index is 3.60. The van der Waals surface area contributed by atoms with Crippen molar-refractivity contribution in [2.45, 2.75) is 137 Å². The molecule has 0 N–H and O–H groups in total. The smallest absolute Gasteiger partial charge is 0.349 e. The summed E-state index contributed by atoms with van der Waals surface area (Å²) in [6, 6.07) is 0. The molecule has 192 valence electrons. The molecular formula is C22H46O8P2. The predicted molar refractivity (Wildman–Crippen MR) is 127 cm³/mol. The lowest BCUT2D eigenvalue weighted by atomic mass is 10.2. The second-order valence-electron chi connectivity index (χ2n) is 9.37. The predicted octanol–water partition coefficient (Wildman–Crippen LogP) is 7.11. The van der Waals surface area contributed by atoms with Gasteiger partial charge in [-0.1, -0.05) is 13.3 Å². The van der Waals surface area contributed by atoms with Crippen molar-refractivity contribution in [1.82, 2.24) is 0 Å². The van der Waals surface area contributed by atoms with Gasteiger partial charge in [0.05, 0.1) is 30.5 Å². The van der Waals surface area contributed by atoms with E-state index in [9.17, 15) is 9.13 Å². The second kappa shape index (κ2) is 13.9. The van der Waals surface area contributed by atoms with Crippen LogP contribution < -0.4 is 0 Å². The molecule has 2 atom stereocenters. The zero-order valence-corrected chi connectivity index (χ0v) is 23.2. The van der Waals surface area contributed by atoms with Crippen molar-refractivity contribution >= 4 is 15.2 Å². The van der Waals surface area contributed by atoms with Crippen LogP contribution in [0, 0.1) is 0 Å². The van der Waals surface area contributed by atoms with Crippen LogP contribution in [0.3, 0.4) is 0 Å². The van der Waals surface area contributed by atoms with E-state index in [2.05, 4.69) is 0 Å². The van der Waals surface area contributed by atoms with Gasteiger partial charge in [0.25, 0.3) is 0 Å². The zero-order valence-electron chi connectivity index (χ0n) is 21.4. The van der Waals surface area contributed by atoms with Crippen LogP contribution >= 0.6 is 15.2 Å². The van der Waals surface area contributed by atoms with Crippen LogP contribution in [-0.2, 0) is 36.7 Å². The van der Waals surface area contributed by atoms with E-state index in [4.69, 9.17) is 27.6 Å². The molecule has 0 radical (unpaired) electrons. The molecular weight excluding hydrogens is 454 g/mol. The molecule has 8 nitrogen and oxygen atoms in total. The molecule has 1 rings (SSSR count). The topological polar surface area (TPSA) is 89.5 Å². The first-order chi connectivity index (χ1) is 14.8. The molecule has 0 aromatic rings. The highest BCUT2D eigenvalue weighted by molar-refractivity contribution is 7.72. The SMILES string of the molecule is CCCC(OC1CCCCO1)C(P(=O)(OC(C)C)OC(C)C)P(=O)(OC(C)C)OC(C)C. The average molecular weight is 501 g/mol. The van der Waals surface area contributed by atoms with Crippen molar-refractivity contribution in [2.24, 2.45) is 0 Å². The summed E-state index contributed by atoms with van der Waals surface area (Å²) >= 11 is 0. The molecule has 0 amide bonds. The lowest BCUT2D eigenvalue weighted by Crippen LogP contribution is -2.38. The standard InChI is InChI=1S/C22H46O8P2/c1-10-13-20(26-21-14-11-12-15-25-21)22(31(23,27-16(2)3)28-17(4)5)32(24,29-18(6)7)30-19(8)9/h16-22H,10-15H2,1-9H3. The van der Waals surface area contributed by atoms with E-state index in [0.29, 0.717) is 25.9 Å². The monoisotopic (exact) mass is 500 g/mol. The Kier molecular flexibility index (Phi) is 13.2. The summed E-state index contributed by atoms with van der Waals surface area (Å²) in [6.07, 6.45) is 0.902. The molecule has 2 unspecified atom stereocenters. The first-order valence-corrected chi connectivity index (χ1v) is 15.2. The maximum atomic E-state index is 14.4. The number of ether oxygens (including phenoxy) is 2. The van der Waals surface area contributed by atoms with Gasteiger partial charge in [-0.2, -0.15) is 0 Å². The first-order valence-electron chi connectivity index (χ1n) is 12.0. The molecule has 32 heavy (non-hydrogen) atoms. The Morgan fingerprint density at radius 2 is 1.22 bits per heavy atom. The quantitative estimate of drug-likeness (QED) is 0.220. The molecule has 1 saturated heterocycles. The van der Waals surface area contributed by atoms with Crippen molar-refractivity contribution in [1.29, 1.82) is 0 Å². The lowest BCUT2D eigenvalue weighted by Gasteiger charge is -2.40. The molecule has 10 heteroatoms. The van der Waals surface area contributed by atoms with Crippen LogP contribution in [0.25, 0.3) is 0 Å².